The van der Waals surface area contributed by atoms with Crippen molar-refractivity contribution in [1.82, 2.24) is 10.3 Å². The largest absolute Gasteiger partial charge is 0.481 e. The van der Waals surface area contributed by atoms with Crippen molar-refractivity contribution in [1.29, 1.82) is 0 Å². The Hall–Kier alpha value is -2.64. The van der Waals surface area contributed by atoms with E-state index >= 15 is 0 Å². The van der Waals surface area contributed by atoms with Gasteiger partial charge in [-0.25, -0.2) is 9.59 Å². The number of nitrogens with zero attached hydrogens (tertiary/aromatic N) is 1. The van der Waals surface area contributed by atoms with Crippen LogP contribution in [0.2, 0.25) is 0 Å². The molecule has 0 spiro atoms. The second-order valence-electron chi connectivity index (χ2n) is 4.06. The van der Waals surface area contributed by atoms with Gasteiger partial charge in [0.2, 0.25) is 0 Å². The number of carboxylic acid groups (broad SMARTS) is 2. The van der Waals surface area contributed by atoms with Crippen molar-refractivity contribution in [3.63, 3.8) is 0 Å². The van der Waals surface area contributed by atoms with E-state index in [2.05, 4.69) is 15.6 Å². The number of hydrogen-bond acceptors (Lipinski definition) is 4. The third-order valence-corrected chi connectivity index (χ3v) is 2.51. The van der Waals surface area contributed by atoms with Crippen LogP contribution in [0.4, 0.5) is 10.5 Å². The van der Waals surface area contributed by atoms with Gasteiger partial charge < -0.3 is 20.8 Å². The van der Waals surface area contributed by atoms with E-state index < -0.39 is 24.0 Å². The van der Waals surface area contributed by atoms with Gasteiger partial charge in [-0.15, -0.1) is 0 Å². The Morgan fingerprint density at radius 3 is 2.60 bits per heavy atom. The maximum absolute atomic E-state index is 11.7. The summed E-state index contributed by atoms with van der Waals surface area (Å²) in [5, 5.41) is 22.1. The fourth-order valence-corrected chi connectivity index (χ4v) is 1.46. The fraction of sp³-hybridized carbons (Fsp3) is 0.333. The third kappa shape index (κ3) is 4.92. The molecule has 1 unspecified atom stereocenters. The molecule has 0 saturated heterocycles. The number of hydrogen-bond donors (Lipinski definition) is 4. The molecule has 1 rings (SSSR count). The van der Waals surface area contributed by atoms with Crippen molar-refractivity contribution >= 4 is 23.7 Å². The Labute approximate surface area is 114 Å². The number of rotatable bonds is 6. The number of carboxylic acids is 2. The molecule has 1 heterocycles. The molecule has 1 aromatic rings. The number of nitrogens with one attached hydrogen (secondary N) is 2. The summed E-state index contributed by atoms with van der Waals surface area (Å²) >= 11 is 0. The number of amides is 2. The monoisotopic (exact) mass is 281 g/mol. The number of aliphatic carboxylic acids is 2. The van der Waals surface area contributed by atoms with E-state index in [0.29, 0.717) is 11.4 Å². The molecule has 0 aliphatic carbocycles. The summed E-state index contributed by atoms with van der Waals surface area (Å²) in [4.78, 5) is 37.0. The lowest BCUT2D eigenvalue weighted by atomic mass is 10.1. The molecule has 0 aliphatic rings. The van der Waals surface area contributed by atoms with Crippen LogP contribution >= 0.6 is 0 Å². The van der Waals surface area contributed by atoms with Gasteiger partial charge in [-0.3, -0.25) is 9.78 Å². The predicted octanol–water partition coefficient (Wildman–Crippen LogP) is 0.830. The Morgan fingerprint density at radius 2 is 2.05 bits per heavy atom. The van der Waals surface area contributed by atoms with Gasteiger partial charge in [0.25, 0.3) is 0 Å². The second kappa shape index (κ2) is 7.07. The van der Waals surface area contributed by atoms with Crippen LogP contribution < -0.4 is 10.6 Å². The minimum absolute atomic E-state index is 0.190. The highest BCUT2D eigenvalue weighted by atomic mass is 16.4. The minimum Gasteiger partial charge on any atom is -0.481 e. The standard InChI is InChI=1S/C12H15N3O5/c1-7-8(3-2-6-13-7)14-12(20)15-9(11(18)19)4-5-10(16)17/h2-3,6,9H,4-5H2,1H3,(H,16,17)(H,18,19)(H2,14,15,20). The maximum Gasteiger partial charge on any atom is 0.326 e. The van der Waals surface area contributed by atoms with E-state index in [9.17, 15) is 14.4 Å². The number of pyridine rings is 1. The van der Waals surface area contributed by atoms with E-state index in [0.717, 1.165) is 0 Å². The Bertz CT molecular complexity index is 518. The summed E-state index contributed by atoms with van der Waals surface area (Å²) in [6.07, 6.45) is 1.03. The highest BCUT2D eigenvalue weighted by Gasteiger charge is 2.21. The zero-order valence-electron chi connectivity index (χ0n) is 10.8. The molecule has 1 aromatic heterocycles. The quantitative estimate of drug-likeness (QED) is 0.611. The van der Waals surface area contributed by atoms with Gasteiger partial charge in [-0.1, -0.05) is 0 Å². The number of aryl methyl sites for hydroxylation is 1. The summed E-state index contributed by atoms with van der Waals surface area (Å²) < 4.78 is 0. The molecule has 8 nitrogen and oxygen atoms in total. The molecule has 0 bridgehead atoms. The lowest BCUT2D eigenvalue weighted by Gasteiger charge is -2.14. The van der Waals surface area contributed by atoms with Gasteiger partial charge in [-0.05, 0) is 25.5 Å². The molecule has 0 aromatic carbocycles. The summed E-state index contributed by atoms with van der Waals surface area (Å²) in [5.41, 5.74) is 1.03. The maximum atomic E-state index is 11.7. The number of carbonyl (C=O) groups is 3. The molecule has 4 N–H and O–H groups in total. The normalized spacial score (nSPS) is 11.4. The Morgan fingerprint density at radius 1 is 1.35 bits per heavy atom. The van der Waals surface area contributed by atoms with E-state index in [-0.39, 0.29) is 12.8 Å². The zero-order valence-corrected chi connectivity index (χ0v) is 10.8. The van der Waals surface area contributed by atoms with Gasteiger partial charge in [0.15, 0.2) is 0 Å². The first-order chi connectivity index (χ1) is 9.40. The van der Waals surface area contributed by atoms with Crippen LogP contribution in [0, 0.1) is 6.92 Å². The number of urea groups is 1. The highest BCUT2D eigenvalue weighted by molar-refractivity contribution is 5.92. The van der Waals surface area contributed by atoms with Crippen molar-refractivity contribution in [2.45, 2.75) is 25.8 Å². The third-order valence-electron chi connectivity index (χ3n) is 2.51. The summed E-state index contributed by atoms with van der Waals surface area (Å²) in [5.74, 6) is -2.41. The second-order valence-corrected chi connectivity index (χ2v) is 4.06. The van der Waals surface area contributed by atoms with E-state index in [1.165, 1.54) is 0 Å². The first-order valence-corrected chi connectivity index (χ1v) is 5.84. The van der Waals surface area contributed by atoms with Gasteiger partial charge in [0, 0.05) is 12.6 Å². The molecule has 0 aliphatic heterocycles. The van der Waals surface area contributed by atoms with Crippen LogP contribution in [-0.2, 0) is 9.59 Å². The molecule has 2 amide bonds. The molecule has 0 fully saturated rings. The molecule has 1 atom stereocenters. The summed E-state index contributed by atoms with van der Waals surface area (Å²) in [7, 11) is 0. The van der Waals surface area contributed by atoms with Crippen LogP contribution in [-0.4, -0.2) is 39.2 Å². The first-order valence-electron chi connectivity index (χ1n) is 5.84. The lowest BCUT2D eigenvalue weighted by molar-refractivity contribution is -0.140. The predicted molar refractivity (Wildman–Crippen MR) is 69.4 cm³/mol. The van der Waals surface area contributed by atoms with Crippen molar-refractivity contribution in [3.8, 4) is 0 Å². The van der Waals surface area contributed by atoms with E-state index in [1.54, 1.807) is 25.3 Å². The number of anilines is 1. The fourth-order valence-electron chi connectivity index (χ4n) is 1.46. The highest BCUT2D eigenvalue weighted by Crippen LogP contribution is 2.10. The molecular weight excluding hydrogens is 266 g/mol. The van der Waals surface area contributed by atoms with Crippen LogP contribution in [0.5, 0.6) is 0 Å². The van der Waals surface area contributed by atoms with Gasteiger partial charge in [-0.2, -0.15) is 0 Å². The molecule has 108 valence electrons. The van der Waals surface area contributed by atoms with Gasteiger partial charge in [0.05, 0.1) is 11.4 Å². The zero-order chi connectivity index (χ0) is 15.1. The Balaban J connectivity index is 2.60. The van der Waals surface area contributed by atoms with Crippen molar-refractivity contribution in [2.75, 3.05) is 5.32 Å². The minimum atomic E-state index is -1.29. The average molecular weight is 281 g/mol. The summed E-state index contributed by atoms with van der Waals surface area (Å²) in [6, 6.07) is 1.26. The summed E-state index contributed by atoms with van der Waals surface area (Å²) in [6.45, 7) is 1.69. The van der Waals surface area contributed by atoms with Gasteiger partial charge >= 0.3 is 18.0 Å². The smallest absolute Gasteiger partial charge is 0.326 e. The van der Waals surface area contributed by atoms with Crippen LogP contribution in [0.15, 0.2) is 18.3 Å². The van der Waals surface area contributed by atoms with Crippen LogP contribution in [0.3, 0.4) is 0 Å². The van der Waals surface area contributed by atoms with Crippen molar-refractivity contribution < 1.29 is 24.6 Å². The Kier molecular flexibility index (Phi) is 5.45. The molecule has 20 heavy (non-hydrogen) atoms. The molecule has 0 radical (unpaired) electrons. The number of carbonyl (C=O) groups excluding carboxylic acids is 1. The lowest BCUT2D eigenvalue weighted by Crippen LogP contribution is -2.43. The average Bonchev–Trinajstić information content (AvgIpc) is 2.36. The van der Waals surface area contributed by atoms with Gasteiger partial charge in [0.1, 0.15) is 6.04 Å². The molecule has 8 heteroatoms. The molecular formula is C12H15N3O5. The van der Waals surface area contributed by atoms with E-state index in [1.807, 2.05) is 0 Å². The SMILES string of the molecule is Cc1ncccc1NC(=O)NC(CCC(=O)O)C(=O)O. The van der Waals surface area contributed by atoms with Crippen LogP contribution in [0.25, 0.3) is 0 Å². The van der Waals surface area contributed by atoms with Crippen LogP contribution in [0.1, 0.15) is 18.5 Å². The molecule has 0 saturated carbocycles. The van der Waals surface area contributed by atoms with Crippen molar-refractivity contribution in [3.05, 3.63) is 24.0 Å². The topological polar surface area (TPSA) is 129 Å². The first kappa shape index (κ1) is 15.4. The number of aromatic nitrogens is 1. The van der Waals surface area contributed by atoms with Crippen molar-refractivity contribution in [2.24, 2.45) is 0 Å². The van der Waals surface area contributed by atoms with E-state index in [4.69, 9.17) is 10.2 Å².